The molecule has 0 aliphatic heterocycles. The average Bonchev–Trinajstić information content (AvgIpc) is 2.00. The molecule has 0 aromatic carbocycles. The van der Waals surface area contributed by atoms with E-state index in [1.54, 1.807) is 6.92 Å². The monoisotopic (exact) mass is 180 g/mol. The second-order valence-corrected chi connectivity index (χ2v) is 4.27. The van der Waals surface area contributed by atoms with Gasteiger partial charge in [0.05, 0.1) is 11.9 Å². The molecule has 0 aliphatic carbocycles. The van der Waals surface area contributed by atoms with Crippen molar-refractivity contribution < 1.29 is 12.6 Å². The first-order chi connectivity index (χ1) is 5.05. The molecule has 0 amide bonds. The summed E-state index contributed by atoms with van der Waals surface area (Å²) in [6.45, 7) is 5.41. The van der Waals surface area contributed by atoms with Crippen LogP contribution >= 0.6 is 0 Å². The highest BCUT2D eigenvalue weighted by atomic mass is 32.2. The lowest BCUT2D eigenvalue weighted by atomic mass is 10.2. The maximum atomic E-state index is 10.9. The first-order valence-corrected chi connectivity index (χ1v) is 5.54. The summed E-state index contributed by atoms with van der Waals surface area (Å²) in [6, 6.07) is 0. The summed E-state index contributed by atoms with van der Waals surface area (Å²) < 4.78 is 26.7. The predicted molar refractivity (Wildman–Crippen MR) is 44.9 cm³/mol. The minimum atomic E-state index is -3.24. The van der Waals surface area contributed by atoms with Gasteiger partial charge in [-0.05, 0) is 19.8 Å². The molecule has 11 heavy (non-hydrogen) atoms. The highest BCUT2D eigenvalue weighted by molar-refractivity contribution is 7.86. The Balaban J connectivity index is 4.01. The van der Waals surface area contributed by atoms with Gasteiger partial charge in [-0.2, -0.15) is 8.42 Å². The number of hydrogen-bond acceptors (Lipinski definition) is 3. The van der Waals surface area contributed by atoms with Crippen molar-refractivity contribution in [3.63, 3.8) is 0 Å². The summed E-state index contributed by atoms with van der Waals surface area (Å²) in [5, 5.41) is 0. The fourth-order valence-electron chi connectivity index (χ4n) is 0.700. The molecule has 0 N–H and O–H groups in total. The van der Waals surface area contributed by atoms with Crippen LogP contribution in [0.15, 0.2) is 0 Å². The molecular formula is C7H16O3S. The minimum absolute atomic E-state index is 0.0590. The molecule has 0 saturated carbocycles. The van der Waals surface area contributed by atoms with E-state index in [1.807, 2.05) is 13.8 Å². The zero-order valence-electron chi connectivity index (χ0n) is 7.33. The molecule has 0 unspecified atom stereocenters. The van der Waals surface area contributed by atoms with Crippen LogP contribution in [0.2, 0.25) is 0 Å². The van der Waals surface area contributed by atoms with Crippen molar-refractivity contribution in [3.8, 4) is 0 Å². The molecule has 0 atom stereocenters. The van der Waals surface area contributed by atoms with Crippen molar-refractivity contribution in [1.29, 1.82) is 0 Å². The van der Waals surface area contributed by atoms with Crippen LogP contribution in [-0.2, 0) is 14.3 Å². The Morgan fingerprint density at radius 3 is 1.91 bits per heavy atom. The smallest absolute Gasteiger partial charge is 0.267 e. The molecule has 0 aromatic heterocycles. The van der Waals surface area contributed by atoms with Crippen LogP contribution in [0, 0.1) is 0 Å². The summed E-state index contributed by atoms with van der Waals surface area (Å²) >= 11 is 0. The normalized spacial score (nSPS) is 12.4. The molecule has 4 heteroatoms. The molecule has 3 nitrogen and oxygen atoms in total. The van der Waals surface area contributed by atoms with E-state index in [9.17, 15) is 8.42 Å². The van der Waals surface area contributed by atoms with Crippen LogP contribution < -0.4 is 0 Å². The van der Waals surface area contributed by atoms with E-state index in [0.29, 0.717) is 0 Å². The Labute approximate surface area is 68.9 Å². The summed E-state index contributed by atoms with van der Waals surface area (Å²) in [5.41, 5.74) is 0. The molecule has 68 valence electrons. The Bertz CT molecular complexity index is 180. The van der Waals surface area contributed by atoms with Crippen LogP contribution in [-0.4, -0.2) is 20.3 Å². The molecule has 0 heterocycles. The van der Waals surface area contributed by atoms with E-state index < -0.39 is 10.1 Å². The van der Waals surface area contributed by atoms with Gasteiger partial charge in [0, 0.05) is 0 Å². The average molecular weight is 180 g/mol. The molecule has 0 bridgehead atoms. The number of hydrogen-bond donors (Lipinski definition) is 0. The van der Waals surface area contributed by atoms with Gasteiger partial charge in [-0.25, -0.2) is 0 Å². The van der Waals surface area contributed by atoms with Crippen molar-refractivity contribution >= 4 is 10.1 Å². The van der Waals surface area contributed by atoms with E-state index in [0.717, 1.165) is 12.8 Å². The predicted octanol–water partition coefficient (Wildman–Crippen LogP) is 1.54. The van der Waals surface area contributed by atoms with Gasteiger partial charge in [-0.3, -0.25) is 4.18 Å². The van der Waals surface area contributed by atoms with Crippen LogP contribution in [0.5, 0.6) is 0 Å². The lowest BCUT2D eigenvalue weighted by Crippen LogP contribution is -2.18. The summed E-state index contributed by atoms with van der Waals surface area (Å²) in [7, 11) is -3.24. The molecule has 0 saturated heterocycles. The van der Waals surface area contributed by atoms with Crippen molar-refractivity contribution in [2.24, 2.45) is 0 Å². The lowest BCUT2D eigenvalue weighted by Gasteiger charge is -2.11. The maximum absolute atomic E-state index is 10.9. The molecule has 0 rings (SSSR count). The van der Waals surface area contributed by atoms with Crippen molar-refractivity contribution in [1.82, 2.24) is 0 Å². The Morgan fingerprint density at radius 1 is 1.18 bits per heavy atom. The highest BCUT2D eigenvalue weighted by Gasteiger charge is 2.13. The highest BCUT2D eigenvalue weighted by Crippen LogP contribution is 2.07. The minimum Gasteiger partial charge on any atom is -0.267 e. The van der Waals surface area contributed by atoms with Gasteiger partial charge < -0.3 is 0 Å². The summed E-state index contributed by atoms with van der Waals surface area (Å²) in [5.74, 6) is 0.0590. The molecule has 0 fully saturated rings. The lowest BCUT2D eigenvalue weighted by molar-refractivity contribution is 0.201. The molecule has 0 aliphatic rings. The third-order valence-electron chi connectivity index (χ3n) is 1.55. The van der Waals surface area contributed by atoms with Gasteiger partial charge >= 0.3 is 0 Å². The SMILES string of the molecule is CCC(CC)OS(=O)(=O)CC. The van der Waals surface area contributed by atoms with Gasteiger partial charge in [0.15, 0.2) is 0 Å². The quantitative estimate of drug-likeness (QED) is 0.603. The molecule has 0 spiro atoms. The second kappa shape index (κ2) is 4.72. The largest absolute Gasteiger partial charge is 0.267 e. The van der Waals surface area contributed by atoms with E-state index >= 15 is 0 Å². The van der Waals surface area contributed by atoms with E-state index in [-0.39, 0.29) is 11.9 Å². The molecular weight excluding hydrogens is 164 g/mol. The van der Waals surface area contributed by atoms with Gasteiger partial charge in [0.2, 0.25) is 0 Å². The van der Waals surface area contributed by atoms with Gasteiger partial charge in [-0.1, -0.05) is 13.8 Å². The Morgan fingerprint density at radius 2 is 1.64 bits per heavy atom. The van der Waals surface area contributed by atoms with Gasteiger partial charge in [0.1, 0.15) is 0 Å². The number of rotatable bonds is 5. The zero-order chi connectivity index (χ0) is 8.91. The van der Waals surface area contributed by atoms with Crippen LogP contribution in [0.3, 0.4) is 0 Å². The van der Waals surface area contributed by atoms with Crippen LogP contribution in [0.25, 0.3) is 0 Å². The van der Waals surface area contributed by atoms with Crippen molar-refractivity contribution in [3.05, 3.63) is 0 Å². The Kier molecular flexibility index (Phi) is 4.68. The molecule has 0 radical (unpaired) electrons. The third kappa shape index (κ3) is 4.37. The van der Waals surface area contributed by atoms with Crippen LogP contribution in [0.1, 0.15) is 33.6 Å². The fourth-order valence-corrected chi connectivity index (χ4v) is 1.52. The Hall–Kier alpha value is -0.0900. The van der Waals surface area contributed by atoms with Crippen molar-refractivity contribution in [2.75, 3.05) is 5.75 Å². The maximum Gasteiger partial charge on any atom is 0.267 e. The zero-order valence-corrected chi connectivity index (χ0v) is 8.15. The first kappa shape index (κ1) is 10.9. The van der Waals surface area contributed by atoms with Crippen molar-refractivity contribution in [2.45, 2.75) is 39.7 Å². The van der Waals surface area contributed by atoms with Gasteiger partial charge in [0.25, 0.3) is 10.1 Å². The first-order valence-electron chi connectivity index (χ1n) is 3.96. The molecule has 0 aromatic rings. The van der Waals surface area contributed by atoms with Crippen LogP contribution in [0.4, 0.5) is 0 Å². The summed E-state index contributed by atoms with van der Waals surface area (Å²) in [6.07, 6.45) is 1.35. The van der Waals surface area contributed by atoms with E-state index in [4.69, 9.17) is 4.18 Å². The summed E-state index contributed by atoms with van der Waals surface area (Å²) in [4.78, 5) is 0. The van der Waals surface area contributed by atoms with Gasteiger partial charge in [-0.15, -0.1) is 0 Å². The standard InChI is InChI=1S/C7H16O3S/c1-4-7(5-2)10-11(8,9)6-3/h7H,4-6H2,1-3H3. The van der Waals surface area contributed by atoms with E-state index in [2.05, 4.69) is 0 Å². The van der Waals surface area contributed by atoms with E-state index in [1.165, 1.54) is 0 Å². The fraction of sp³-hybridized carbons (Fsp3) is 1.00. The second-order valence-electron chi connectivity index (χ2n) is 2.38. The third-order valence-corrected chi connectivity index (χ3v) is 2.82. The topological polar surface area (TPSA) is 43.4 Å².